The maximum Gasteiger partial charge on any atom is 0.258 e. The predicted molar refractivity (Wildman–Crippen MR) is 75.6 cm³/mol. The summed E-state index contributed by atoms with van der Waals surface area (Å²) in [5.74, 6) is 2.77. The lowest BCUT2D eigenvalue weighted by atomic mass is 10.1. The fourth-order valence-corrected chi connectivity index (χ4v) is 2.33. The van der Waals surface area contributed by atoms with Crippen LogP contribution in [0.25, 0.3) is 11.5 Å². The van der Waals surface area contributed by atoms with Gasteiger partial charge in [-0.1, -0.05) is 5.16 Å². The van der Waals surface area contributed by atoms with Crippen LogP contribution in [0.5, 0.6) is 11.5 Å². The number of hydrogen-bond donors (Lipinski definition) is 0. The van der Waals surface area contributed by atoms with Gasteiger partial charge in [-0.05, 0) is 31.5 Å². The highest BCUT2D eigenvalue weighted by Gasteiger charge is 2.23. The summed E-state index contributed by atoms with van der Waals surface area (Å²) in [6.45, 7) is 3.93. The van der Waals surface area contributed by atoms with Crippen molar-refractivity contribution in [2.45, 2.75) is 19.3 Å². The van der Waals surface area contributed by atoms with Crippen LogP contribution in [0.3, 0.4) is 0 Å². The van der Waals surface area contributed by atoms with Gasteiger partial charge in [-0.15, -0.1) is 0 Å². The molecule has 0 unspecified atom stereocenters. The Morgan fingerprint density at radius 3 is 2.95 bits per heavy atom. The van der Waals surface area contributed by atoms with Gasteiger partial charge in [-0.3, -0.25) is 0 Å². The molecule has 2 heterocycles. The van der Waals surface area contributed by atoms with Crippen LogP contribution in [0, 0.1) is 0 Å². The van der Waals surface area contributed by atoms with Gasteiger partial charge in [0.15, 0.2) is 17.3 Å². The van der Waals surface area contributed by atoms with Crippen molar-refractivity contribution in [2.75, 3.05) is 26.9 Å². The standard InChI is InChI=1S/C15H18N2O4/c1-3-20-12-5-4-10(8-13(12)18-2)15-16-14(17-21-15)11-6-7-19-9-11/h4-5,8,11H,3,6-7,9H2,1-2H3/t11-/m1/s1. The molecular weight excluding hydrogens is 272 g/mol. The van der Waals surface area contributed by atoms with Crippen molar-refractivity contribution >= 4 is 0 Å². The highest BCUT2D eigenvalue weighted by Crippen LogP contribution is 2.33. The normalized spacial score (nSPS) is 17.9. The summed E-state index contributed by atoms with van der Waals surface area (Å²) in [7, 11) is 1.61. The first kappa shape index (κ1) is 13.9. The average molecular weight is 290 g/mol. The van der Waals surface area contributed by atoms with Crippen molar-refractivity contribution in [3.8, 4) is 23.0 Å². The van der Waals surface area contributed by atoms with Crippen LogP contribution < -0.4 is 9.47 Å². The van der Waals surface area contributed by atoms with E-state index in [9.17, 15) is 0 Å². The van der Waals surface area contributed by atoms with Crippen LogP contribution in [0.15, 0.2) is 22.7 Å². The highest BCUT2D eigenvalue weighted by atomic mass is 16.5. The maximum absolute atomic E-state index is 5.50. The number of methoxy groups -OCH3 is 1. The SMILES string of the molecule is CCOc1ccc(-c2nc([C@@H]3CCOC3)no2)cc1OC. The van der Waals surface area contributed by atoms with E-state index in [2.05, 4.69) is 10.1 Å². The molecule has 2 aromatic rings. The molecule has 0 aliphatic carbocycles. The van der Waals surface area contributed by atoms with Gasteiger partial charge < -0.3 is 18.7 Å². The van der Waals surface area contributed by atoms with Gasteiger partial charge in [0.1, 0.15) is 0 Å². The maximum atomic E-state index is 5.50. The largest absolute Gasteiger partial charge is 0.493 e. The van der Waals surface area contributed by atoms with E-state index in [1.54, 1.807) is 7.11 Å². The molecule has 0 bridgehead atoms. The Kier molecular flexibility index (Phi) is 4.06. The minimum atomic E-state index is 0.229. The summed E-state index contributed by atoms with van der Waals surface area (Å²) in [5.41, 5.74) is 0.813. The van der Waals surface area contributed by atoms with Crippen LogP contribution in [-0.4, -0.2) is 37.1 Å². The third-order valence-corrected chi connectivity index (χ3v) is 3.45. The van der Waals surface area contributed by atoms with Crippen LogP contribution in [0.4, 0.5) is 0 Å². The van der Waals surface area contributed by atoms with Crippen molar-refractivity contribution in [3.05, 3.63) is 24.0 Å². The number of nitrogens with zero attached hydrogens (tertiary/aromatic N) is 2. The second-order valence-corrected chi connectivity index (χ2v) is 4.82. The van der Waals surface area contributed by atoms with Gasteiger partial charge in [0, 0.05) is 18.1 Å². The molecule has 0 radical (unpaired) electrons. The summed E-state index contributed by atoms with van der Waals surface area (Å²) in [6, 6.07) is 5.57. The Labute approximate surface area is 123 Å². The quantitative estimate of drug-likeness (QED) is 0.843. The summed E-state index contributed by atoms with van der Waals surface area (Å²) in [6.07, 6.45) is 0.936. The van der Waals surface area contributed by atoms with Crippen molar-refractivity contribution < 1.29 is 18.7 Å². The van der Waals surface area contributed by atoms with Crippen LogP contribution in [0.1, 0.15) is 25.1 Å². The van der Waals surface area contributed by atoms with E-state index in [1.165, 1.54) is 0 Å². The molecule has 6 heteroatoms. The summed E-state index contributed by atoms with van der Waals surface area (Å²) < 4.78 is 21.5. The number of ether oxygens (including phenoxy) is 3. The van der Waals surface area contributed by atoms with Gasteiger partial charge in [0.05, 0.1) is 20.3 Å². The van der Waals surface area contributed by atoms with E-state index in [4.69, 9.17) is 18.7 Å². The first-order valence-corrected chi connectivity index (χ1v) is 7.04. The summed E-state index contributed by atoms with van der Waals surface area (Å²) >= 11 is 0. The lowest BCUT2D eigenvalue weighted by molar-refractivity contribution is 0.192. The monoisotopic (exact) mass is 290 g/mol. The van der Waals surface area contributed by atoms with Gasteiger partial charge >= 0.3 is 0 Å². The second-order valence-electron chi connectivity index (χ2n) is 4.82. The molecule has 1 aliphatic rings. The van der Waals surface area contributed by atoms with Crippen LogP contribution >= 0.6 is 0 Å². The van der Waals surface area contributed by atoms with E-state index < -0.39 is 0 Å². The Hall–Kier alpha value is -2.08. The molecule has 1 aromatic heterocycles. The minimum Gasteiger partial charge on any atom is -0.493 e. The molecular formula is C15H18N2O4. The smallest absolute Gasteiger partial charge is 0.258 e. The molecule has 0 amide bonds. The zero-order chi connectivity index (χ0) is 14.7. The molecule has 1 aromatic carbocycles. The molecule has 0 saturated carbocycles. The van der Waals surface area contributed by atoms with Crippen molar-refractivity contribution in [3.63, 3.8) is 0 Å². The second kappa shape index (κ2) is 6.13. The molecule has 112 valence electrons. The third kappa shape index (κ3) is 2.85. The highest BCUT2D eigenvalue weighted by molar-refractivity contribution is 5.59. The van der Waals surface area contributed by atoms with Gasteiger partial charge in [0.2, 0.25) is 0 Å². The number of rotatable bonds is 5. The zero-order valence-electron chi connectivity index (χ0n) is 12.2. The molecule has 1 aliphatic heterocycles. The van der Waals surface area contributed by atoms with E-state index in [-0.39, 0.29) is 5.92 Å². The molecule has 1 atom stereocenters. The lowest BCUT2D eigenvalue weighted by Crippen LogP contribution is -1.99. The molecule has 0 N–H and O–H groups in total. The zero-order valence-corrected chi connectivity index (χ0v) is 12.2. The lowest BCUT2D eigenvalue weighted by Gasteiger charge is -2.09. The number of aromatic nitrogens is 2. The van der Waals surface area contributed by atoms with Crippen molar-refractivity contribution in [1.82, 2.24) is 10.1 Å². The van der Waals surface area contributed by atoms with E-state index in [0.717, 1.165) is 18.6 Å². The fourth-order valence-electron chi connectivity index (χ4n) is 2.33. The number of hydrogen-bond acceptors (Lipinski definition) is 6. The summed E-state index contributed by atoms with van der Waals surface area (Å²) in [5, 5.41) is 4.05. The van der Waals surface area contributed by atoms with Crippen LogP contribution in [0.2, 0.25) is 0 Å². The predicted octanol–water partition coefficient (Wildman–Crippen LogP) is 2.65. The van der Waals surface area contributed by atoms with Crippen molar-refractivity contribution in [2.24, 2.45) is 0 Å². The van der Waals surface area contributed by atoms with E-state index in [1.807, 2.05) is 25.1 Å². The Balaban J connectivity index is 1.86. The molecule has 6 nitrogen and oxygen atoms in total. The molecule has 1 saturated heterocycles. The fraction of sp³-hybridized carbons (Fsp3) is 0.467. The Morgan fingerprint density at radius 1 is 1.33 bits per heavy atom. The first-order chi connectivity index (χ1) is 10.3. The first-order valence-electron chi connectivity index (χ1n) is 7.04. The number of benzene rings is 1. The van der Waals surface area contributed by atoms with Crippen LogP contribution in [-0.2, 0) is 4.74 Å². The van der Waals surface area contributed by atoms with Gasteiger partial charge in [-0.2, -0.15) is 4.98 Å². The van der Waals surface area contributed by atoms with E-state index in [0.29, 0.717) is 36.4 Å². The third-order valence-electron chi connectivity index (χ3n) is 3.45. The molecule has 1 fully saturated rings. The Bertz CT molecular complexity index is 605. The average Bonchev–Trinajstić information content (AvgIpc) is 3.19. The van der Waals surface area contributed by atoms with Gasteiger partial charge in [-0.25, -0.2) is 0 Å². The van der Waals surface area contributed by atoms with Gasteiger partial charge in [0.25, 0.3) is 5.89 Å². The topological polar surface area (TPSA) is 66.6 Å². The molecule has 21 heavy (non-hydrogen) atoms. The van der Waals surface area contributed by atoms with Crippen molar-refractivity contribution in [1.29, 1.82) is 0 Å². The summed E-state index contributed by atoms with van der Waals surface area (Å²) in [4.78, 5) is 4.46. The molecule has 0 spiro atoms. The molecule has 3 rings (SSSR count). The minimum absolute atomic E-state index is 0.229. The van der Waals surface area contributed by atoms with E-state index >= 15 is 0 Å². The Morgan fingerprint density at radius 2 is 2.24 bits per heavy atom.